The lowest BCUT2D eigenvalue weighted by atomic mass is 10.2. The predicted octanol–water partition coefficient (Wildman–Crippen LogP) is 4.13. The van der Waals surface area contributed by atoms with Crippen molar-refractivity contribution in [3.05, 3.63) is 63.3 Å². The van der Waals surface area contributed by atoms with Gasteiger partial charge in [-0.1, -0.05) is 12.1 Å². The first kappa shape index (κ1) is 14.2. The van der Waals surface area contributed by atoms with E-state index in [9.17, 15) is 9.18 Å². The molecule has 0 saturated carbocycles. The molecule has 6 heteroatoms. The van der Waals surface area contributed by atoms with Crippen LogP contribution in [0.4, 0.5) is 4.39 Å². The molecule has 2 aromatic carbocycles. The molecule has 0 aliphatic heterocycles. The number of halogens is 2. The minimum atomic E-state index is -0.391. The summed E-state index contributed by atoms with van der Waals surface area (Å²) in [6.07, 6.45) is 0. The molecule has 0 bridgehead atoms. The van der Waals surface area contributed by atoms with Crippen molar-refractivity contribution in [1.82, 2.24) is 10.3 Å². The number of thiazole rings is 1. The fourth-order valence-electron chi connectivity index (χ4n) is 1.89. The Morgan fingerprint density at radius 1 is 1.29 bits per heavy atom. The van der Waals surface area contributed by atoms with E-state index in [0.29, 0.717) is 12.1 Å². The van der Waals surface area contributed by atoms with Crippen LogP contribution in [0.15, 0.2) is 46.9 Å². The Kier molecular flexibility index (Phi) is 3.98. The maximum Gasteiger partial charge on any atom is 0.251 e. The second kappa shape index (κ2) is 5.91. The van der Waals surface area contributed by atoms with Crippen molar-refractivity contribution in [2.24, 2.45) is 0 Å². The lowest BCUT2D eigenvalue weighted by Gasteiger charge is -2.04. The highest BCUT2D eigenvalue weighted by Gasteiger charge is 2.09. The molecule has 0 atom stereocenters. The SMILES string of the molecule is O=C(NCc1nc2ccccc2s1)c1ccc(F)c(Br)c1. The summed E-state index contributed by atoms with van der Waals surface area (Å²) >= 11 is 4.61. The maximum atomic E-state index is 13.1. The van der Waals surface area contributed by atoms with E-state index in [1.165, 1.54) is 18.2 Å². The molecule has 3 rings (SSSR count). The zero-order chi connectivity index (χ0) is 14.8. The van der Waals surface area contributed by atoms with Crippen molar-refractivity contribution in [3.63, 3.8) is 0 Å². The molecule has 0 radical (unpaired) electrons. The summed E-state index contributed by atoms with van der Waals surface area (Å²) in [7, 11) is 0. The molecular formula is C15H10BrFN2OS. The third-order valence-electron chi connectivity index (χ3n) is 2.92. The van der Waals surface area contributed by atoms with Gasteiger partial charge >= 0.3 is 0 Å². The molecule has 3 nitrogen and oxygen atoms in total. The van der Waals surface area contributed by atoms with E-state index in [1.807, 2.05) is 24.3 Å². The van der Waals surface area contributed by atoms with Gasteiger partial charge in [-0.25, -0.2) is 9.37 Å². The molecule has 0 fully saturated rings. The number of carbonyl (C=O) groups is 1. The molecule has 1 heterocycles. The molecule has 1 aromatic heterocycles. The van der Waals surface area contributed by atoms with Crippen LogP contribution in [-0.4, -0.2) is 10.9 Å². The van der Waals surface area contributed by atoms with Crippen molar-refractivity contribution in [2.45, 2.75) is 6.54 Å². The Balaban J connectivity index is 1.71. The highest BCUT2D eigenvalue weighted by atomic mass is 79.9. The molecule has 0 saturated heterocycles. The summed E-state index contributed by atoms with van der Waals surface area (Å²) in [4.78, 5) is 16.5. The van der Waals surface area contributed by atoms with Gasteiger partial charge in [-0.05, 0) is 46.3 Å². The zero-order valence-electron chi connectivity index (χ0n) is 10.8. The smallest absolute Gasteiger partial charge is 0.251 e. The predicted molar refractivity (Wildman–Crippen MR) is 84.9 cm³/mol. The lowest BCUT2D eigenvalue weighted by molar-refractivity contribution is 0.0951. The Morgan fingerprint density at radius 2 is 2.10 bits per heavy atom. The van der Waals surface area contributed by atoms with Gasteiger partial charge in [0.1, 0.15) is 10.8 Å². The topological polar surface area (TPSA) is 42.0 Å². The van der Waals surface area contributed by atoms with Crippen LogP contribution < -0.4 is 5.32 Å². The molecular weight excluding hydrogens is 355 g/mol. The zero-order valence-corrected chi connectivity index (χ0v) is 13.2. The van der Waals surface area contributed by atoms with Gasteiger partial charge in [0.15, 0.2) is 0 Å². The lowest BCUT2D eigenvalue weighted by Crippen LogP contribution is -2.22. The number of benzene rings is 2. The Hall–Kier alpha value is -1.79. The van der Waals surface area contributed by atoms with E-state index in [1.54, 1.807) is 11.3 Å². The van der Waals surface area contributed by atoms with E-state index in [0.717, 1.165) is 15.2 Å². The monoisotopic (exact) mass is 364 g/mol. The van der Waals surface area contributed by atoms with Crippen LogP contribution >= 0.6 is 27.3 Å². The fraction of sp³-hybridized carbons (Fsp3) is 0.0667. The molecule has 21 heavy (non-hydrogen) atoms. The minimum absolute atomic E-state index is 0.255. The molecule has 0 aliphatic rings. The van der Waals surface area contributed by atoms with Gasteiger partial charge in [0.2, 0.25) is 0 Å². The first-order valence-electron chi connectivity index (χ1n) is 6.21. The fourth-order valence-corrected chi connectivity index (χ4v) is 3.18. The summed E-state index contributed by atoms with van der Waals surface area (Å²) in [6, 6.07) is 12.0. The quantitative estimate of drug-likeness (QED) is 0.759. The van der Waals surface area contributed by atoms with Gasteiger partial charge in [-0.3, -0.25) is 4.79 Å². The number of hydrogen-bond acceptors (Lipinski definition) is 3. The molecule has 1 N–H and O–H groups in total. The van der Waals surface area contributed by atoms with E-state index < -0.39 is 5.82 Å². The van der Waals surface area contributed by atoms with Crippen LogP contribution in [0.1, 0.15) is 15.4 Å². The van der Waals surface area contributed by atoms with Gasteiger partial charge < -0.3 is 5.32 Å². The van der Waals surface area contributed by atoms with Crippen LogP contribution in [-0.2, 0) is 6.54 Å². The number of hydrogen-bond donors (Lipinski definition) is 1. The summed E-state index contributed by atoms with van der Waals surface area (Å²) in [5.74, 6) is -0.646. The molecule has 106 valence electrons. The highest BCUT2D eigenvalue weighted by Crippen LogP contribution is 2.21. The van der Waals surface area contributed by atoms with Crippen molar-refractivity contribution in [3.8, 4) is 0 Å². The Labute approximate surface area is 133 Å². The third kappa shape index (κ3) is 3.11. The first-order valence-corrected chi connectivity index (χ1v) is 7.82. The number of amides is 1. The van der Waals surface area contributed by atoms with E-state index >= 15 is 0 Å². The average Bonchev–Trinajstić information content (AvgIpc) is 2.90. The van der Waals surface area contributed by atoms with Crippen molar-refractivity contribution < 1.29 is 9.18 Å². The molecule has 0 spiro atoms. The summed E-state index contributed by atoms with van der Waals surface area (Å²) in [5.41, 5.74) is 1.33. The van der Waals surface area contributed by atoms with Crippen LogP contribution in [0.3, 0.4) is 0 Å². The number of para-hydroxylation sites is 1. The number of fused-ring (bicyclic) bond motifs is 1. The normalized spacial score (nSPS) is 10.8. The average molecular weight is 365 g/mol. The summed E-state index contributed by atoms with van der Waals surface area (Å²) in [5, 5.41) is 3.63. The molecule has 0 unspecified atom stereocenters. The molecule has 3 aromatic rings. The largest absolute Gasteiger partial charge is 0.346 e. The third-order valence-corrected chi connectivity index (χ3v) is 4.56. The van der Waals surface area contributed by atoms with Crippen molar-refractivity contribution >= 4 is 43.4 Å². The number of aromatic nitrogens is 1. The molecule has 0 aliphatic carbocycles. The van der Waals surface area contributed by atoms with E-state index in [-0.39, 0.29) is 10.4 Å². The number of rotatable bonds is 3. The Bertz CT molecular complexity index is 785. The summed E-state index contributed by atoms with van der Waals surface area (Å²) in [6.45, 7) is 0.354. The Morgan fingerprint density at radius 3 is 2.86 bits per heavy atom. The van der Waals surface area contributed by atoms with Crippen LogP contribution in [0.2, 0.25) is 0 Å². The van der Waals surface area contributed by atoms with Crippen molar-refractivity contribution in [2.75, 3.05) is 0 Å². The highest BCUT2D eigenvalue weighted by molar-refractivity contribution is 9.10. The van der Waals surface area contributed by atoms with Crippen LogP contribution in [0.5, 0.6) is 0 Å². The number of carbonyl (C=O) groups excluding carboxylic acids is 1. The second-order valence-corrected chi connectivity index (χ2v) is 6.36. The first-order chi connectivity index (χ1) is 10.1. The van der Waals surface area contributed by atoms with Gasteiger partial charge in [0.25, 0.3) is 5.91 Å². The van der Waals surface area contributed by atoms with Gasteiger partial charge in [0, 0.05) is 5.56 Å². The van der Waals surface area contributed by atoms with Gasteiger partial charge in [0.05, 0.1) is 21.2 Å². The van der Waals surface area contributed by atoms with Gasteiger partial charge in [-0.15, -0.1) is 11.3 Å². The van der Waals surface area contributed by atoms with Gasteiger partial charge in [-0.2, -0.15) is 0 Å². The van der Waals surface area contributed by atoms with E-state index in [2.05, 4.69) is 26.2 Å². The van der Waals surface area contributed by atoms with Crippen molar-refractivity contribution in [1.29, 1.82) is 0 Å². The maximum absolute atomic E-state index is 13.1. The second-order valence-electron chi connectivity index (χ2n) is 4.39. The number of nitrogens with one attached hydrogen (secondary N) is 1. The van der Waals surface area contributed by atoms with Crippen LogP contribution in [0.25, 0.3) is 10.2 Å². The number of nitrogens with zero attached hydrogens (tertiary/aromatic N) is 1. The molecule has 1 amide bonds. The van der Waals surface area contributed by atoms with E-state index in [4.69, 9.17) is 0 Å². The van der Waals surface area contributed by atoms with Crippen LogP contribution in [0, 0.1) is 5.82 Å². The minimum Gasteiger partial charge on any atom is -0.346 e. The standard InChI is InChI=1S/C15H10BrFN2OS/c16-10-7-9(5-6-11(10)17)15(20)18-8-14-19-12-3-1-2-4-13(12)21-14/h1-7H,8H2,(H,18,20). The summed E-state index contributed by atoms with van der Waals surface area (Å²) < 4.78 is 14.5.